The average molecular weight is 333 g/mol. The molecule has 0 bridgehead atoms. The molecule has 0 saturated carbocycles. The highest BCUT2D eigenvalue weighted by Gasteiger charge is 2.18. The molecule has 2 aromatic rings. The molecule has 5 heteroatoms. The molecule has 0 atom stereocenters. The summed E-state index contributed by atoms with van der Waals surface area (Å²) in [7, 11) is 0. The maximum Gasteiger partial charge on any atom is 0.411 e. The summed E-state index contributed by atoms with van der Waals surface area (Å²) in [5.41, 5.74) is 2.83. The number of hydrogen-bond donors (Lipinski definition) is 2. The van der Waals surface area contributed by atoms with Gasteiger partial charge < -0.3 is 10.1 Å². The van der Waals surface area contributed by atoms with Gasteiger partial charge in [-0.15, -0.1) is 12.4 Å². The fourth-order valence-corrected chi connectivity index (χ4v) is 2.67. The number of benzene rings is 2. The number of nitrogens with one attached hydrogen (secondary N) is 2. The maximum atomic E-state index is 12.1. The van der Waals surface area contributed by atoms with E-state index in [4.69, 9.17) is 4.74 Å². The molecule has 4 nitrogen and oxygen atoms in total. The maximum absolute atomic E-state index is 12.1. The molecule has 0 unspecified atom stereocenters. The van der Waals surface area contributed by atoms with Crippen LogP contribution in [0.1, 0.15) is 12.8 Å². The van der Waals surface area contributed by atoms with Crippen molar-refractivity contribution in [2.75, 3.05) is 18.4 Å². The Morgan fingerprint density at radius 1 is 1.00 bits per heavy atom. The van der Waals surface area contributed by atoms with Crippen molar-refractivity contribution >= 4 is 24.2 Å². The molecule has 0 aromatic heterocycles. The zero-order chi connectivity index (χ0) is 15.2. The van der Waals surface area contributed by atoms with Crippen molar-refractivity contribution in [2.24, 2.45) is 0 Å². The molecule has 1 saturated heterocycles. The Kier molecular flexibility index (Phi) is 6.44. The van der Waals surface area contributed by atoms with Crippen LogP contribution in [0.2, 0.25) is 0 Å². The van der Waals surface area contributed by atoms with Crippen LogP contribution in [-0.4, -0.2) is 25.3 Å². The van der Waals surface area contributed by atoms with Gasteiger partial charge in [-0.1, -0.05) is 48.5 Å². The molecule has 1 fully saturated rings. The van der Waals surface area contributed by atoms with Gasteiger partial charge in [0.05, 0.1) is 5.69 Å². The van der Waals surface area contributed by atoms with Crippen molar-refractivity contribution < 1.29 is 9.53 Å². The fourth-order valence-electron chi connectivity index (χ4n) is 2.67. The van der Waals surface area contributed by atoms with E-state index in [1.807, 2.05) is 54.6 Å². The molecule has 1 aliphatic heterocycles. The SMILES string of the molecule is Cl.O=C(Nc1ccccc1-c1ccccc1)OC1CCNCC1. The third-order valence-corrected chi connectivity index (χ3v) is 3.81. The third kappa shape index (κ3) is 4.71. The van der Waals surface area contributed by atoms with Gasteiger partial charge in [0.25, 0.3) is 0 Å². The summed E-state index contributed by atoms with van der Waals surface area (Å²) in [6, 6.07) is 17.8. The highest BCUT2D eigenvalue weighted by Crippen LogP contribution is 2.27. The lowest BCUT2D eigenvalue weighted by Gasteiger charge is -2.23. The first-order chi connectivity index (χ1) is 10.8. The topological polar surface area (TPSA) is 50.4 Å². The van der Waals surface area contributed by atoms with Gasteiger partial charge in [-0.3, -0.25) is 5.32 Å². The minimum absolute atomic E-state index is 0. The van der Waals surface area contributed by atoms with Crippen LogP contribution in [0.3, 0.4) is 0 Å². The normalized spacial score (nSPS) is 14.6. The Hall–Kier alpha value is -2.04. The van der Waals surface area contributed by atoms with E-state index in [0.717, 1.165) is 42.7 Å². The molecule has 3 rings (SSSR count). The van der Waals surface area contributed by atoms with E-state index in [-0.39, 0.29) is 24.6 Å². The lowest BCUT2D eigenvalue weighted by atomic mass is 10.0. The summed E-state index contributed by atoms with van der Waals surface area (Å²) in [5, 5.41) is 6.13. The Balaban J connectivity index is 0.00000192. The Morgan fingerprint density at radius 3 is 2.39 bits per heavy atom. The first-order valence-electron chi connectivity index (χ1n) is 7.66. The summed E-state index contributed by atoms with van der Waals surface area (Å²) in [5.74, 6) is 0. The Morgan fingerprint density at radius 2 is 1.65 bits per heavy atom. The van der Waals surface area contributed by atoms with Crippen LogP contribution in [0.15, 0.2) is 54.6 Å². The summed E-state index contributed by atoms with van der Waals surface area (Å²) < 4.78 is 5.50. The largest absolute Gasteiger partial charge is 0.446 e. The number of hydrogen-bond acceptors (Lipinski definition) is 3. The molecule has 0 radical (unpaired) electrons. The molecule has 0 spiro atoms. The lowest BCUT2D eigenvalue weighted by Crippen LogP contribution is -2.34. The second-order valence-corrected chi connectivity index (χ2v) is 5.39. The van der Waals surface area contributed by atoms with Crippen molar-refractivity contribution in [3.05, 3.63) is 54.6 Å². The number of carbonyl (C=O) groups is 1. The highest BCUT2D eigenvalue weighted by molar-refractivity contribution is 5.91. The number of amides is 1. The van der Waals surface area contributed by atoms with Gasteiger partial charge in [0, 0.05) is 5.56 Å². The van der Waals surface area contributed by atoms with Crippen LogP contribution in [-0.2, 0) is 4.74 Å². The summed E-state index contributed by atoms with van der Waals surface area (Å²) in [4.78, 5) is 12.1. The minimum atomic E-state index is -0.379. The number of anilines is 1. The smallest absolute Gasteiger partial charge is 0.411 e. The number of para-hydroxylation sites is 1. The van der Waals surface area contributed by atoms with Gasteiger partial charge in [0.15, 0.2) is 0 Å². The number of carbonyl (C=O) groups excluding carboxylic acids is 1. The molecule has 23 heavy (non-hydrogen) atoms. The molecule has 122 valence electrons. The van der Waals surface area contributed by atoms with E-state index in [9.17, 15) is 4.79 Å². The van der Waals surface area contributed by atoms with E-state index in [1.54, 1.807) is 0 Å². The number of rotatable bonds is 3. The van der Waals surface area contributed by atoms with Crippen LogP contribution >= 0.6 is 12.4 Å². The van der Waals surface area contributed by atoms with E-state index < -0.39 is 0 Å². The second kappa shape index (κ2) is 8.56. The molecule has 2 aromatic carbocycles. The van der Waals surface area contributed by atoms with E-state index in [0.29, 0.717) is 0 Å². The molecule has 2 N–H and O–H groups in total. The fraction of sp³-hybridized carbons (Fsp3) is 0.278. The van der Waals surface area contributed by atoms with Crippen molar-refractivity contribution in [2.45, 2.75) is 18.9 Å². The zero-order valence-corrected chi connectivity index (χ0v) is 13.6. The van der Waals surface area contributed by atoms with Crippen molar-refractivity contribution in [1.82, 2.24) is 5.32 Å². The van der Waals surface area contributed by atoms with Gasteiger partial charge in [0.1, 0.15) is 6.10 Å². The van der Waals surface area contributed by atoms with Gasteiger partial charge in [0.2, 0.25) is 0 Å². The second-order valence-electron chi connectivity index (χ2n) is 5.39. The van der Waals surface area contributed by atoms with Gasteiger partial charge in [-0.25, -0.2) is 4.79 Å². The molecule has 1 aliphatic rings. The predicted octanol–water partition coefficient (Wildman–Crippen LogP) is 4.08. The predicted molar refractivity (Wildman–Crippen MR) is 95.1 cm³/mol. The van der Waals surface area contributed by atoms with Crippen molar-refractivity contribution in [3.8, 4) is 11.1 Å². The summed E-state index contributed by atoms with van der Waals surface area (Å²) in [6.07, 6.45) is 1.36. The molecule has 0 aliphatic carbocycles. The molecular formula is C18H21ClN2O2. The van der Waals surface area contributed by atoms with Crippen LogP contribution in [0.5, 0.6) is 0 Å². The van der Waals surface area contributed by atoms with Gasteiger partial charge in [-0.05, 0) is 37.6 Å². The van der Waals surface area contributed by atoms with Gasteiger partial charge >= 0.3 is 6.09 Å². The van der Waals surface area contributed by atoms with Crippen molar-refractivity contribution in [3.63, 3.8) is 0 Å². The summed E-state index contributed by atoms with van der Waals surface area (Å²) in [6.45, 7) is 1.80. The lowest BCUT2D eigenvalue weighted by molar-refractivity contribution is 0.0909. The first-order valence-corrected chi connectivity index (χ1v) is 7.66. The van der Waals surface area contributed by atoms with Crippen LogP contribution < -0.4 is 10.6 Å². The standard InChI is InChI=1S/C18H20N2O2.ClH/c21-18(22-15-10-12-19-13-11-15)20-17-9-5-4-8-16(17)14-6-2-1-3-7-14;/h1-9,15,19H,10-13H2,(H,20,21);1H. The number of halogens is 1. The van der Waals surface area contributed by atoms with E-state index >= 15 is 0 Å². The van der Waals surface area contributed by atoms with E-state index in [1.165, 1.54) is 0 Å². The van der Waals surface area contributed by atoms with Crippen LogP contribution in [0.4, 0.5) is 10.5 Å². The Bertz CT molecular complexity index is 628. The van der Waals surface area contributed by atoms with Gasteiger partial charge in [-0.2, -0.15) is 0 Å². The third-order valence-electron chi connectivity index (χ3n) is 3.81. The Labute approximate surface area is 142 Å². The summed E-state index contributed by atoms with van der Waals surface area (Å²) >= 11 is 0. The highest BCUT2D eigenvalue weighted by atomic mass is 35.5. The van der Waals surface area contributed by atoms with Crippen LogP contribution in [0, 0.1) is 0 Å². The first kappa shape index (κ1) is 17.3. The average Bonchev–Trinajstić information content (AvgIpc) is 2.57. The molecule has 1 amide bonds. The molecule has 1 heterocycles. The van der Waals surface area contributed by atoms with E-state index in [2.05, 4.69) is 10.6 Å². The zero-order valence-electron chi connectivity index (χ0n) is 12.8. The minimum Gasteiger partial charge on any atom is -0.446 e. The number of ether oxygens (including phenoxy) is 1. The quantitative estimate of drug-likeness (QED) is 0.890. The number of piperidine rings is 1. The van der Waals surface area contributed by atoms with Crippen molar-refractivity contribution in [1.29, 1.82) is 0 Å². The van der Waals surface area contributed by atoms with Crippen LogP contribution in [0.25, 0.3) is 11.1 Å². The monoisotopic (exact) mass is 332 g/mol. The molecular weight excluding hydrogens is 312 g/mol.